The van der Waals surface area contributed by atoms with Crippen molar-refractivity contribution in [2.24, 2.45) is 0 Å². The van der Waals surface area contributed by atoms with Crippen molar-refractivity contribution in [2.45, 2.75) is 13.3 Å². The minimum absolute atomic E-state index is 0.0452. The van der Waals surface area contributed by atoms with Crippen LogP contribution < -0.4 is 0 Å². The fourth-order valence-corrected chi connectivity index (χ4v) is 3.55. The average Bonchev–Trinajstić information content (AvgIpc) is 3.24. The van der Waals surface area contributed by atoms with Gasteiger partial charge in [-0.3, -0.25) is 9.89 Å². The summed E-state index contributed by atoms with van der Waals surface area (Å²) in [5.41, 5.74) is 5.24. The van der Waals surface area contributed by atoms with Crippen LogP contribution in [0.1, 0.15) is 21.1 Å². The SMILES string of the molecule is Cc1ncsc1CCN(C)C(=O)c1cc(-c2ccsc2)n[nH]1. The quantitative estimate of drug-likeness (QED) is 0.780. The summed E-state index contributed by atoms with van der Waals surface area (Å²) in [7, 11) is 1.81. The van der Waals surface area contributed by atoms with Gasteiger partial charge in [0.2, 0.25) is 0 Å². The third-order valence-electron chi connectivity index (χ3n) is 3.49. The summed E-state index contributed by atoms with van der Waals surface area (Å²) >= 11 is 3.25. The van der Waals surface area contributed by atoms with Gasteiger partial charge in [-0.15, -0.1) is 11.3 Å². The Balaban J connectivity index is 1.64. The fraction of sp³-hybridized carbons (Fsp3) is 0.267. The van der Waals surface area contributed by atoms with Crippen LogP contribution in [0.25, 0.3) is 11.3 Å². The van der Waals surface area contributed by atoms with Gasteiger partial charge >= 0.3 is 0 Å². The zero-order valence-electron chi connectivity index (χ0n) is 12.4. The number of aromatic nitrogens is 3. The van der Waals surface area contributed by atoms with Crippen molar-refractivity contribution in [1.29, 1.82) is 0 Å². The first-order valence-electron chi connectivity index (χ1n) is 6.87. The molecule has 0 saturated carbocycles. The molecule has 22 heavy (non-hydrogen) atoms. The number of rotatable bonds is 5. The molecule has 1 N–H and O–H groups in total. The normalized spacial score (nSPS) is 10.8. The van der Waals surface area contributed by atoms with Crippen LogP contribution in [-0.4, -0.2) is 39.6 Å². The van der Waals surface area contributed by atoms with Gasteiger partial charge in [-0.2, -0.15) is 16.4 Å². The van der Waals surface area contributed by atoms with E-state index >= 15 is 0 Å². The van der Waals surface area contributed by atoms with Crippen LogP contribution in [0, 0.1) is 6.92 Å². The molecular formula is C15H16N4OS2. The lowest BCUT2D eigenvalue weighted by molar-refractivity contribution is 0.0791. The summed E-state index contributed by atoms with van der Waals surface area (Å²) in [4.78, 5) is 19.6. The Hall–Kier alpha value is -1.99. The van der Waals surface area contributed by atoms with Gasteiger partial charge in [0.15, 0.2) is 0 Å². The standard InChI is InChI=1S/C15H16N4OS2/c1-10-14(22-9-16-10)3-5-19(2)15(20)13-7-12(17-18-13)11-4-6-21-8-11/h4,6-9H,3,5H2,1-2H3,(H,17,18). The average molecular weight is 332 g/mol. The molecular weight excluding hydrogens is 316 g/mol. The highest BCUT2D eigenvalue weighted by molar-refractivity contribution is 7.09. The highest BCUT2D eigenvalue weighted by atomic mass is 32.1. The summed E-state index contributed by atoms with van der Waals surface area (Å²) in [6, 6.07) is 3.80. The van der Waals surface area contributed by atoms with Crippen LogP contribution in [-0.2, 0) is 6.42 Å². The number of hydrogen-bond donors (Lipinski definition) is 1. The number of amides is 1. The number of nitrogens with zero attached hydrogens (tertiary/aromatic N) is 3. The molecule has 0 radical (unpaired) electrons. The molecule has 0 unspecified atom stereocenters. The number of likely N-dealkylation sites (N-methyl/N-ethyl adjacent to an activating group) is 1. The number of H-pyrrole nitrogens is 1. The van der Waals surface area contributed by atoms with Gasteiger partial charge < -0.3 is 4.90 Å². The Bertz CT molecular complexity index is 760. The lowest BCUT2D eigenvalue weighted by atomic mass is 10.2. The van der Waals surface area contributed by atoms with E-state index in [1.807, 2.05) is 36.3 Å². The van der Waals surface area contributed by atoms with Crippen molar-refractivity contribution >= 4 is 28.6 Å². The van der Waals surface area contributed by atoms with Crippen molar-refractivity contribution in [3.63, 3.8) is 0 Å². The first kappa shape index (κ1) is 14.9. The molecule has 0 aliphatic rings. The Morgan fingerprint density at radius 1 is 1.45 bits per heavy atom. The number of hydrogen-bond acceptors (Lipinski definition) is 5. The molecule has 0 fully saturated rings. The third kappa shape index (κ3) is 3.10. The summed E-state index contributed by atoms with van der Waals surface area (Å²) in [5, 5.41) is 11.1. The fourth-order valence-electron chi connectivity index (χ4n) is 2.13. The number of aromatic amines is 1. The van der Waals surface area contributed by atoms with Crippen LogP contribution in [0.4, 0.5) is 0 Å². The van der Waals surface area contributed by atoms with Crippen molar-refractivity contribution in [3.05, 3.63) is 44.7 Å². The number of aryl methyl sites for hydroxylation is 1. The predicted molar refractivity (Wildman–Crippen MR) is 89.4 cm³/mol. The maximum Gasteiger partial charge on any atom is 0.271 e. The number of thiazole rings is 1. The molecule has 1 amide bonds. The monoisotopic (exact) mass is 332 g/mol. The molecule has 7 heteroatoms. The van der Waals surface area contributed by atoms with Crippen LogP contribution in [0.3, 0.4) is 0 Å². The Morgan fingerprint density at radius 3 is 3.00 bits per heavy atom. The van der Waals surface area contributed by atoms with Gasteiger partial charge in [0.25, 0.3) is 5.91 Å². The van der Waals surface area contributed by atoms with E-state index in [1.54, 1.807) is 33.6 Å². The maximum absolute atomic E-state index is 12.4. The van der Waals surface area contributed by atoms with E-state index in [4.69, 9.17) is 0 Å². The van der Waals surface area contributed by atoms with Crippen molar-refractivity contribution < 1.29 is 4.79 Å². The van der Waals surface area contributed by atoms with Gasteiger partial charge in [0.05, 0.1) is 16.9 Å². The Kier molecular flexibility index (Phi) is 4.35. The number of thiophene rings is 1. The second kappa shape index (κ2) is 6.41. The predicted octanol–water partition coefficient (Wildman–Crippen LogP) is 3.22. The Labute approximate surface area is 136 Å². The molecule has 114 valence electrons. The van der Waals surface area contributed by atoms with Gasteiger partial charge in [-0.05, 0) is 24.4 Å². The van der Waals surface area contributed by atoms with E-state index in [1.165, 1.54) is 4.88 Å². The van der Waals surface area contributed by atoms with E-state index < -0.39 is 0 Å². The molecule has 0 atom stereocenters. The summed E-state index contributed by atoms with van der Waals surface area (Å²) in [6.07, 6.45) is 0.824. The van der Waals surface area contributed by atoms with Gasteiger partial charge in [0, 0.05) is 35.8 Å². The molecule has 3 rings (SSSR count). The number of carbonyl (C=O) groups is 1. The topological polar surface area (TPSA) is 61.9 Å². The van der Waals surface area contributed by atoms with Crippen molar-refractivity contribution in [3.8, 4) is 11.3 Å². The molecule has 0 bridgehead atoms. The molecule has 0 spiro atoms. The van der Waals surface area contributed by atoms with Crippen LogP contribution >= 0.6 is 22.7 Å². The number of nitrogens with one attached hydrogen (secondary N) is 1. The van der Waals surface area contributed by atoms with E-state index in [2.05, 4.69) is 15.2 Å². The van der Waals surface area contributed by atoms with Crippen molar-refractivity contribution in [2.75, 3.05) is 13.6 Å². The second-order valence-corrected chi connectivity index (χ2v) is 6.74. The van der Waals surface area contributed by atoms with E-state index in [0.29, 0.717) is 12.2 Å². The van der Waals surface area contributed by atoms with Crippen LogP contribution in [0.2, 0.25) is 0 Å². The maximum atomic E-state index is 12.4. The van der Waals surface area contributed by atoms with Crippen LogP contribution in [0.15, 0.2) is 28.4 Å². The molecule has 3 heterocycles. The summed E-state index contributed by atoms with van der Waals surface area (Å²) < 4.78 is 0. The molecule has 0 aliphatic heterocycles. The summed E-state index contributed by atoms with van der Waals surface area (Å²) in [6.45, 7) is 2.66. The highest BCUT2D eigenvalue weighted by Crippen LogP contribution is 2.21. The number of carbonyl (C=O) groups excluding carboxylic acids is 1. The summed E-state index contributed by atoms with van der Waals surface area (Å²) in [5.74, 6) is -0.0452. The second-order valence-electron chi connectivity index (χ2n) is 5.02. The van der Waals surface area contributed by atoms with E-state index in [0.717, 1.165) is 23.4 Å². The highest BCUT2D eigenvalue weighted by Gasteiger charge is 2.16. The Morgan fingerprint density at radius 2 is 2.32 bits per heavy atom. The largest absolute Gasteiger partial charge is 0.340 e. The molecule has 3 aromatic heterocycles. The zero-order valence-corrected chi connectivity index (χ0v) is 14.0. The lowest BCUT2D eigenvalue weighted by Crippen LogP contribution is -2.29. The molecule has 0 saturated heterocycles. The molecule has 0 aromatic carbocycles. The third-order valence-corrected chi connectivity index (χ3v) is 5.17. The van der Waals surface area contributed by atoms with Gasteiger partial charge in [-0.25, -0.2) is 4.98 Å². The van der Waals surface area contributed by atoms with Gasteiger partial charge in [-0.1, -0.05) is 0 Å². The lowest BCUT2D eigenvalue weighted by Gasteiger charge is -2.15. The molecule has 0 aliphatic carbocycles. The minimum atomic E-state index is -0.0452. The first-order valence-corrected chi connectivity index (χ1v) is 8.70. The van der Waals surface area contributed by atoms with Crippen LogP contribution in [0.5, 0.6) is 0 Å². The van der Waals surface area contributed by atoms with E-state index in [9.17, 15) is 4.79 Å². The minimum Gasteiger partial charge on any atom is -0.340 e. The van der Waals surface area contributed by atoms with Gasteiger partial charge in [0.1, 0.15) is 5.69 Å². The molecule has 5 nitrogen and oxygen atoms in total. The van der Waals surface area contributed by atoms with E-state index in [-0.39, 0.29) is 5.91 Å². The first-order chi connectivity index (χ1) is 10.6. The zero-order chi connectivity index (χ0) is 15.5. The molecule has 3 aromatic rings. The smallest absolute Gasteiger partial charge is 0.271 e. The van der Waals surface area contributed by atoms with Crippen molar-refractivity contribution in [1.82, 2.24) is 20.1 Å².